The summed E-state index contributed by atoms with van der Waals surface area (Å²) >= 11 is 0. The molecule has 1 atom stereocenters. The van der Waals surface area contributed by atoms with Crippen molar-refractivity contribution >= 4 is 0 Å². The van der Waals surface area contributed by atoms with Crippen LogP contribution in [0.25, 0.3) is 0 Å². The van der Waals surface area contributed by atoms with Gasteiger partial charge in [0.1, 0.15) is 5.75 Å². The molecule has 0 aromatic heterocycles. The molecule has 1 unspecified atom stereocenters. The summed E-state index contributed by atoms with van der Waals surface area (Å²) in [5.74, 6) is 0.973. The van der Waals surface area contributed by atoms with Crippen molar-refractivity contribution in [1.29, 1.82) is 0 Å². The van der Waals surface area contributed by atoms with Crippen molar-refractivity contribution in [3.05, 3.63) is 29.3 Å². The zero-order valence-corrected chi connectivity index (χ0v) is 11.9. The third kappa shape index (κ3) is 2.38. The highest BCUT2D eigenvalue weighted by Gasteiger charge is 2.47. The molecule has 1 fully saturated rings. The van der Waals surface area contributed by atoms with Gasteiger partial charge < -0.3 is 15.4 Å². The Kier molecular flexibility index (Phi) is 3.64. The minimum absolute atomic E-state index is 0.0386. The van der Waals surface area contributed by atoms with Gasteiger partial charge in [0.25, 0.3) is 0 Å². The SMILES string of the molecule is CCc1cc(C(N(C)C)C2(N)CC2)ccc1OC. The molecule has 3 heteroatoms. The van der Waals surface area contributed by atoms with E-state index in [1.807, 2.05) is 0 Å². The first-order chi connectivity index (χ1) is 8.51. The normalized spacial score (nSPS) is 18.8. The molecule has 1 saturated carbocycles. The van der Waals surface area contributed by atoms with Crippen molar-refractivity contribution in [2.75, 3.05) is 21.2 Å². The second-order valence-electron chi connectivity index (χ2n) is 5.52. The summed E-state index contributed by atoms with van der Waals surface area (Å²) in [5, 5.41) is 0. The molecule has 0 radical (unpaired) electrons. The number of hydrogen-bond acceptors (Lipinski definition) is 3. The molecule has 3 nitrogen and oxygen atoms in total. The number of ether oxygens (including phenoxy) is 1. The number of nitrogens with two attached hydrogens (primary N) is 1. The third-order valence-corrected chi connectivity index (χ3v) is 3.89. The predicted octanol–water partition coefficient (Wildman–Crippen LogP) is 2.35. The molecule has 18 heavy (non-hydrogen) atoms. The van der Waals surface area contributed by atoms with Crippen molar-refractivity contribution < 1.29 is 4.74 Å². The van der Waals surface area contributed by atoms with Gasteiger partial charge in [0.15, 0.2) is 0 Å². The second-order valence-corrected chi connectivity index (χ2v) is 5.52. The minimum Gasteiger partial charge on any atom is -0.496 e. The Hall–Kier alpha value is -1.06. The smallest absolute Gasteiger partial charge is 0.122 e. The molecule has 0 heterocycles. The first-order valence-electron chi connectivity index (χ1n) is 6.64. The molecule has 1 aromatic rings. The van der Waals surface area contributed by atoms with Crippen molar-refractivity contribution in [3.63, 3.8) is 0 Å². The largest absolute Gasteiger partial charge is 0.496 e. The number of likely N-dealkylation sites (N-methyl/N-ethyl adjacent to an activating group) is 1. The molecule has 1 aromatic carbocycles. The molecule has 2 rings (SSSR count). The topological polar surface area (TPSA) is 38.5 Å². The standard InChI is InChI=1S/C15H24N2O/c1-5-11-10-12(6-7-13(11)18-4)14(17(2)3)15(16)8-9-15/h6-7,10,14H,5,8-9,16H2,1-4H3. The van der Waals surface area contributed by atoms with Gasteiger partial charge in [-0.2, -0.15) is 0 Å². The van der Waals surface area contributed by atoms with Crippen LogP contribution in [-0.4, -0.2) is 31.6 Å². The molecule has 0 amide bonds. The van der Waals surface area contributed by atoms with Crippen LogP contribution in [-0.2, 0) is 6.42 Å². The van der Waals surface area contributed by atoms with Crippen LogP contribution in [0.2, 0.25) is 0 Å². The fraction of sp³-hybridized carbons (Fsp3) is 0.600. The van der Waals surface area contributed by atoms with Gasteiger partial charge in [-0.25, -0.2) is 0 Å². The van der Waals surface area contributed by atoms with Crippen LogP contribution in [0.4, 0.5) is 0 Å². The van der Waals surface area contributed by atoms with Crippen LogP contribution in [0.5, 0.6) is 5.75 Å². The van der Waals surface area contributed by atoms with Crippen molar-refractivity contribution in [3.8, 4) is 5.75 Å². The van der Waals surface area contributed by atoms with Gasteiger partial charge in [-0.05, 0) is 50.6 Å². The number of nitrogens with zero attached hydrogens (tertiary/aromatic N) is 1. The van der Waals surface area contributed by atoms with Crippen LogP contribution < -0.4 is 10.5 Å². The fourth-order valence-electron chi connectivity index (χ4n) is 2.81. The Morgan fingerprint density at radius 3 is 2.50 bits per heavy atom. The molecular formula is C15H24N2O. The number of methoxy groups -OCH3 is 1. The van der Waals surface area contributed by atoms with Gasteiger partial charge in [-0.15, -0.1) is 0 Å². The van der Waals surface area contributed by atoms with E-state index in [9.17, 15) is 0 Å². The Bertz CT molecular complexity index is 425. The molecule has 0 saturated heterocycles. The zero-order chi connectivity index (χ0) is 13.3. The molecule has 0 bridgehead atoms. The third-order valence-electron chi connectivity index (χ3n) is 3.89. The first kappa shape index (κ1) is 13.4. The summed E-state index contributed by atoms with van der Waals surface area (Å²) in [6, 6.07) is 6.76. The lowest BCUT2D eigenvalue weighted by atomic mass is 9.94. The minimum atomic E-state index is -0.0386. The molecule has 1 aliphatic rings. The summed E-state index contributed by atoms with van der Waals surface area (Å²) in [4.78, 5) is 2.23. The average molecular weight is 248 g/mol. The second kappa shape index (κ2) is 4.90. The van der Waals surface area contributed by atoms with Crippen molar-refractivity contribution in [2.24, 2.45) is 5.73 Å². The van der Waals surface area contributed by atoms with Gasteiger partial charge >= 0.3 is 0 Å². The molecule has 1 aliphatic carbocycles. The number of benzene rings is 1. The highest BCUT2D eigenvalue weighted by molar-refractivity contribution is 5.40. The predicted molar refractivity (Wildman–Crippen MR) is 75.0 cm³/mol. The van der Waals surface area contributed by atoms with Crippen LogP contribution in [0.3, 0.4) is 0 Å². The quantitative estimate of drug-likeness (QED) is 0.869. The summed E-state index contributed by atoms with van der Waals surface area (Å²) in [6.45, 7) is 2.15. The average Bonchev–Trinajstić information content (AvgIpc) is 3.07. The zero-order valence-electron chi connectivity index (χ0n) is 11.9. The highest BCUT2D eigenvalue weighted by Crippen LogP contribution is 2.46. The lowest BCUT2D eigenvalue weighted by molar-refractivity contribution is 0.245. The van der Waals surface area contributed by atoms with E-state index in [0.29, 0.717) is 6.04 Å². The van der Waals surface area contributed by atoms with Gasteiger partial charge in [0, 0.05) is 5.54 Å². The van der Waals surface area contributed by atoms with E-state index in [2.05, 4.69) is 44.1 Å². The summed E-state index contributed by atoms with van der Waals surface area (Å²) in [6.07, 6.45) is 3.21. The van der Waals surface area contributed by atoms with E-state index >= 15 is 0 Å². The summed E-state index contributed by atoms with van der Waals surface area (Å²) in [7, 11) is 5.93. The van der Waals surface area contributed by atoms with Gasteiger partial charge in [0.2, 0.25) is 0 Å². The van der Waals surface area contributed by atoms with E-state index in [1.165, 1.54) is 11.1 Å². The number of hydrogen-bond donors (Lipinski definition) is 1. The van der Waals surface area contributed by atoms with E-state index in [0.717, 1.165) is 25.0 Å². The Balaban J connectivity index is 2.36. The van der Waals surface area contributed by atoms with E-state index in [-0.39, 0.29) is 5.54 Å². The first-order valence-corrected chi connectivity index (χ1v) is 6.64. The Morgan fingerprint density at radius 1 is 1.39 bits per heavy atom. The van der Waals surface area contributed by atoms with Gasteiger partial charge in [-0.1, -0.05) is 19.1 Å². The molecule has 0 spiro atoms. The lowest BCUT2D eigenvalue weighted by Gasteiger charge is -2.31. The Labute approximate surface area is 110 Å². The van der Waals surface area contributed by atoms with E-state index < -0.39 is 0 Å². The monoisotopic (exact) mass is 248 g/mol. The molecule has 0 aliphatic heterocycles. The molecule has 100 valence electrons. The van der Waals surface area contributed by atoms with Crippen LogP contribution in [0.1, 0.15) is 36.9 Å². The van der Waals surface area contributed by atoms with Gasteiger partial charge in [0.05, 0.1) is 13.2 Å². The summed E-state index contributed by atoms with van der Waals surface area (Å²) in [5.41, 5.74) is 8.93. The van der Waals surface area contributed by atoms with E-state index in [4.69, 9.17) is 10.5 Å². The van der Waals surface area contributed by atoms with Crippen LogP contribution in [0, 0.1) is 0 Å². The van der Waals surface area contributed by atoms with Crippen LogP contribution >= 0.6 is 0 Å². The molecular weight excluding hydrogens is 224 g/mol. The summed E-state index contributed by atoms with van der Waals surface area (Å²) < 4.78 is 5.39. The number of rotatable bonds is 5. The van der Waals surface area contributed by atoms with E-state index in [1.54, 1.807) is 7.11 Å². The Morgan fingerprint density at radius 2 is 2.06 bits per heavy atom. The maximum atomic E-state index is 6.41. The fourth-order valence-corrected chi connectivity index (χ4v) is 2.81. The molecule has 2 N–H and O–H groups in total. The maximum absolute atomic E-state index is 6.41. The van der Waals surface area contributed by atoms with Crippen molar-refractivity contribution in [2.45, 2.75) is 37.8 Å². The lowest BCUT2D eigenvalue weighted by Crippen LogP contribution is -2.39. The highest BCUT2D eigenvalue weighted by atomic mass is 16.5. The number of aryl methyl sites for hydroxylation is 1. The maximum Gasteiger partial charge on any atom is 0.122 e. The van der Waals surface area contributed by atoms with Crippen molar-refractivity contribution in [1.82, 2.24) is 4.90 Å². The van der Waals surface area contributed by atoms with Gasteiger partial charge in [-0.3, -0.25) is 0 Å². The van der Waals surface area contributed by atoms with Crippen LogP contribution in [0.15, 0.2) is 18.2 Å².